The maximum absolute atomic E-state index is 11.6. The molecular weight excluding hydrogens is 290 g/mol. The number of carboxylic acid groups (broad SMARTS) is 1. The average Bonchev–Trinajstić information content (AvgIpc) is 2.46. The van der Waals surface area contributed by atoms with Crippen molar-refractivity contribution < 1.29 is 19.4 Å². The van der Waals surface area contributed by atoms with E-state index in [1.54, 1.807) is 23.9 Å². The van der Waals surface area contributed by atoms with Gasteiger partial charge in [0.2, 0.25) is 5.91 Å². The molecule has 0 aliphatic heterocycles. The lowest BCUT2D eigenvalue weighted by molar-refractivity contribution is -0.139. The quantitative estimate of drug-likeness (QED) is 0.729. The number of amides is 1. The van der Waals surface area contributed by atoms with Crippen molar-refractivity contribution in [2.24, 2.45) is 0 Å². The van der Waals surface area contributed by atoms with Gasteiger partial charge in [-0.25, -0.2) is 4.79 Å². The molecular formula is C15H21NO4S. The number of rotatable bonds is 9. The molecule has 0 bridgehead atoms. The van der Waals surface area contributed by atoms with E-state index in [9.17, 15) is 9.59 Å². The lowest BCUT2D eigenvalue weighted by atomic mass is 10.1. The van der Waals surface area contributed by atoms with Gasteiger partial charge in [0.15, 0.2) is 6.61 Å². The van der Waals surface area contributed by atoms with E-state index in [4.69, 9.17) is 9.84 Å². The Balaban J connectivity index is 2.29. The van der Waals surface area contributed by atoms with Crippen LogP contribution in [0.5, 0.6) is 5.75 Å². The summed E-state index contributed by atoms with van der Waals surface area (Å²) in [5.41, 5.74) is 1.07. The van der Waals surface area contributed by atoms with Crippen molar-refractivity contribution in [2.75, 3.05) is 19.4 Å². The molecule has 0 heterocycles. The number of carboxylic acids is 1. The van der Waals surface area contributed by atoms with Crippen LogP contribution in [0.3, 0.4) is 0 Å². The van der Waals surface area contributed by atoms with Crippen LogP contribution in [0.1, 0.15) is 18.9 Å². The van der Waals surface area contributed by atoms with E-state index in [0.29, 0.717) is 24.0 Å². The molecule has 0 aromatic heterocycles. The number of hydrogen-bond donors (Lipinski definition) is 2. The molecule has 2 N–H and O–H groups in total. The second-order valence-electron chi connectivity index (χ2n) is 4.68. The van der Waals surface area contributed by atoms with E-state index in [0.717, 1.165) is 12.0 Å². The smallest absolute Gasteiger partial charge is 0.341 e. The summed E-state index contributed by atoms with van der Waals surface area (Å²) in [6.07, 6.45) is 3.26. The maximum atomic E-state index is 11.6. The van der Waals surface area contributed by atoms with Crippen LogP contribution in [0, 0.1) is 0 Å². The fourth-order valence-corrected chi connectivity index (χ4v) is 1.98. The maximum Gasteiger partial charge on any atom is 0.341 e. The second kappa shape index (κ2) is 9.28. The molecule has 1 atom stereocenters. The van der Waals surface area contributed by atoms with Gasteiger partial charge in [-0.05, 0) is 30.4 Å². The highest BCUT2D eigenvalue weighted by Gasteiger charge is 2.07. The van der Waals surface area contributed by atoms with Gasteiger partial charge in [0.05, 0.1) is 0 Å². The van der Waals surface area contributed by atoms with Gasteiger partial charge in [-0.1, -0.05) is 19.1 Å². The third kappa shape index (κ3) is 7.60. The van der Waals surface area contributed by atoms with Crippen molar-refractivity contribution in [3.05, 3.63) is 29.8 Å². The average molecular weight is 311 g/mol. The number of carbonyl (C=O) groups excluding carboxylic acids is 1. The summed E-state index contributed by atoms with van der Waals surface area (Å²) >= 11 is 1.67. The largest absolute Gasteiger partial charge is 0.482 e. The highest BCUT2D eigenvalue weighted by molar-refractivity contribution is 7.99. The zero-order valence-electron chi connectivity index (χ0n) is 12.3. The first kappa shape index (κ1) is 17.4. The SMILES string of the molecule is CSC(C)CC(=O)NCCc1ccc(OCC(=O)O)cc1. The van der Waals surface area contributed by atoms with Gasteiger partial charge in [-0.3, -0.25) is 4.79 Å². The van der Waals surface area contributed by atoms with Crippen molar-refractivity contribution in [1.29, 1.82) is 0 Å². The van der Waals surface area contributed by atoms with Crippen LogP contribution in [0.25, 0.3) is 0 Å². The Morgan fingerprint density at radius 2 is 2.00 bits per heavy atom. The van der Waals surface area contributed by atoms with Gasteiger partial charge in [0.1, 0.15) is 5.75 Å². The molecule has 1 amide bonds. The second-order valence-corrected chi connectivity index (χ2v) is 5.95. The molecule has 1 aromatic rings. The molecule has 0 fully saturated rings. The topological polar surface area (TPSA) is 75.6 Å². The number of aliphatic carboxylic acids is 1. The van der Waals surface area contributed by atoms with E-state index in [1.807, 2.05) is 25.3 Å². The number of benzene rings is 1. The molecule has 6 heteroatoms. The number of thioether (sulfide) groups is 1. The highest BCUT2D eigenvalue weighted by atomic mass is 32.2. The molecule has 5 nitrogen and oxygen atoms in total. The summed E-state index contributed by atoms with van der Waals surface area (Å²) in [5.74, 6) is -0.404. The van der Waals surface area contributed by atoms with E-state index >= 15 is 0 Å². The van der Waals surface area contributed by atoms with Crippen LogP contribution in [0.2, 0.25) is 0 Å². The summed E-state index contributed by atoms with van der Waals surface area (Å²) in [6.45, 7) is 2.28. The number of hydrogen-bond acceptors (Lipinski definition) is 4. The minimum absolute atomic E-state index is 0.0678. The summed E-state index contributed by atoms with van der Waals surface area (Å²) in [5, 5.41) is 11.7. The molecule has 0 aliphatic carbocycles. The normalized spacial score (nSPS) is 11.7. The third-order valence-electron chi connectivity index (χ3n) is 2.90. The van der Waals surface area contributed by atoms with Crippen LogP contribution in [-0.2, 0) is 16.0 Å². The number of nitrogens with one attached hydrogen (secondary N) is 1. The van der Waals surface area contributed by atoms with Crippen molar-refractivity contribution >= 4 is 23.6 Å². The van der Waals surface area contributed by atoms with Crippen molar-refractivity contribution in [3.63, 3.8) is 0 Å². The fraction of sp³-hybridized carbons (Fsp3) is 0.467. The highest BCUT2D eigenvalue weighted by Crippen LogP contribution is 2.12. The third-order valence-corrected chi connectivity index (χ3v) is 3.87. The summed E-state index contributed by atoms with van der Waals surface area (Å²) in [7, 11) is 0. The Morgan fingerprint density at radius 3 is 2.57 bits per heavy atom. The van der Waals surface area contributed by atoms with Crippen LogP contribution in [-0.4, -0.2) is 41.6 Å². The predicted molar refractivity (Wildman–Crippen MR) is 83.9 cm³/mol. The standard InChI is InChI=1S/C15H21NO4S/c1-11(21-2)9-14(17)16-8-7-12-3-5-13(6-4-12)20-10-15(18)19/h3-6,11H,7-10H2,1-2H3,(H,16,17)(H,18,19). The first-order valence-corrected chi connectivity index (χ1v) is 8.03. The van der Waals surface area contributed by atoms with Crippen molar-refractivity contribution in [1.82, 2.24) is 5.32 Å². The minimum atomic E-state index is -0.999. The van der Waals surface area contributed by atoms with E-state index in [1.165, 1.54) is 0 Å². The van der Waals surface area contributed by atoms with E-state index in [-0.39, 0.29) is 12.5 Å². The lowest BCUT2D eigenvalue weighted by Crippen LogP contribution is -2.27. The van der Waals surface area contributed by atoms with Gasteiger partial charge >= 0.3 is 5.97 Å². The minimum Gasteiger partial charge on any atom is -0.482 e. The molecule has 0 aliphatic rings. The zero-order chi connectivity index (χ0) is 15.7. The van der Waals surface area contributed by atoms with Gasteiger partial charge < -0.3 is 15.2 Å². The summed E-state index contributed by atoms with van der Waals surface area (Å²) < 4.78 is 5.05. The van der Waals surface area contributed by atoms with Gasteiger partial charge in [-0.15, -0.1) is 0 Å². The molecule has 0 spiro atoms. The zero-order valence-corrected chi connectivity index (χ0v) is 13.1. The summed E-state index contributed by atoms with van der Waals surface area (Å²) in [6, 6.07) is 7.20. The first-order chi connectivity index (χ1) is 10.0. The van der Waals surface area contributed by atoms with Crippen LogP contribution < -0.4 is 10.1 Å². The van der Waals surface area contributed by atoms with Gasteiger partial charge in [0, 0.05) is 18.2 Å². The monoisotopic (exact) mass is 311 g/mol. The van der Waals surface area contributed by atoms with Crippen LogP contribution >= 0.6 is 11.8 Å². The molecule has 1 rings (SSSR count). The molecule has 1 aromatic carbocycles. The van der Waals surface area contributed by atoms with Crippen LogP contribution in [0.15, 0.2) is 24.3 Å². The number of carbonyl (C=O) groups is 2. The fourth-order valence-electron chi connectivity index (χ4n) is 1.66. The molecule has 1 unspecified atom stereocenters. The lowest BCUT2D eigenvalue weighted by Gasteiger charge is -2.09. The molecule has 116 valence electrons. The Kier molecular flexibility index (Phi) is 7.68. The Morgan fingerprint density at radius 1 is 1.33 bits per heavy atom. The van der Waals surface area contributed by atoms with Gasteiger partial charge in [0.25, 0.3) is 0 Å². The Labute approximate surface area is 129 Å². The van der Waals surface area contributed by atoms with E-state index < -0.39 is 5.97 Å². The molecule has 0 radical (unpaired) electrons. The molecule has 0 saturated heterocycles. The van der Waals surface area contributed by atoms with Crippen molar-refractivity contribution in [2.45, 2.75) is 25.0 Å². The molecule has 0 saturated carbocycles. The molecule has 21 heavy (non-hydrogen) atoms. The Bertz CT molecular complexity index is 461. The van der Waals surface area contributed by atoms with Gasteiger partial charge in [-0.2, -0.15) is 11.8 Å². The predicted octanol–water partition coefficient (Wildman–Crippen LogP) is 1.95. The number of ether oxygens (including phenoxy) is 1. The van der Waals surface area contributed by atoms with Crippen LogP contribution in [0.4, 0.5) is 0 Å². The summed E-state index contributed by atoms with van der Waals surface area (Å²) in [4.78, 5) is 22.0. The van der Waals surface area contributed by atoms with E-state index in [2.05, 4.69) is 5.32 Å². The Hall–Kier alpha value is -1.69. The van der Waals surface area contributed by atoms with Crippen molar-refractivity contribution in [3.8, 4) is 5.75 Å². The first-order valence-electron chi connectivity index (χ1n) is 6.74.